The van der Waals surface area contributed by atoms with Crippen LogP contribution < -0.4 is 10.2 Å². The molecular weight excluding hydrogens is 510 g/mol. The molecule has 0 spiro atoms. The molecule has 0 aliphatic carbocycles. The Hall–Kier alpha value is -3.54. The van der Waals surface area contributed by atoms with Gasteiger partial charge in [0, 0.05) is 38.8 Å². The van der Waals surface area contributed by atoms with E-state index in [1.807, 2.05) is 52.0 Å². The Morgan fingerprint density at radius 3 is 2.44 bits per heavy atom. The van der Waals surface area contributed by atoms with Gasteiger partial charge < -0.3 is 19.7 Å². The third kappa shape index (κ3) is 7.31. The van der Waals surface area contributed by atoms with E-state index in [2.05, 4.69) is 20.2 Å². The lowest BCUT2D eigenvalue weighted by Gasteiger charge is -2.35. The Morgan fingerprint density at radius 1 is 1.15 bits per heavy atom. The molecule has 12 heteroatoms. The maximum atomic E-state index is 14.3. The smallest absolute Gasteiger partial charge is 0.416 e. The molecule has 2 amide bonds. The van der Waals surface area contributed by atoms with E-state index >= 15 is 0 Å². The van der Waals surface area contributed by atoms with Crippen LogP contribution in [0.4, 0.5) is 30.1 Å². The minimum absolute atomic E-state index is 0.0191. The van der Waals surface area contributed by atoms with Gasteiger partial charge in [-0.15, -0.1) is 0 Å². The monoisotopic (exact) mass is 546 g/mol. The highest BCUT2D eigenvalue weighted by atomic mass is 19.1. The fourth-order valence-corrected chi connectivity index (χ4v) is 4.49. The zero-order valence-corrected chi connectivity index (χ0v) is 23.0. The maximum Gasteiger partial charge on any atom is 0.416 e. The van der Waals surface area contributed by atoms with E-state index in [-0.39, 0.29) is 30.5 Å². The average molecular weight is 547 g/mol. The summed E-state index contributed by atoms with van der Waals surface area (Å²) in [4.78, 5) is 37.5. The molecule has 2 aliphatic heterocycles. The number of alkyl halides is 1. The van der Waals surface area contributed by atoms with Gasteiger partial charge in [0.2, 0.25) is 11.9 Å². The SMILES string of the molecule is C[C@H](Nc1nc(F)cc(N2C(=O)OC[C@@H]2[C@H](C)F)n1)c1ccc(CN2CCN(C(=O)OC(C)(C)C)CC2)cc1. The predicted octanol–water partition coefficient (Wildman–Crippen LogP) is 4.52. The second kappa shape index (κ2) is 11.7. The summed E-state index contributed by atoms with van der Waals surface area (Å²) < 4.78 is 38.7. The van der Waals surface area contributed by atoms with Gasteiger partial charge in [-0.25, -0.2) is 14.0 Å². The number of benzene rings is 1. The van der Waals surface area contributed by atoms with E-state index in [0.29, 0.717) is 13.1 Å². The molecule has 0 unspecified atom stereocenters. The zero-order valence-electron chi connectivity index (χ0n) is 23.0. The molecule has 212 valence electrons. The lowest BCUT2D eigenvalue weighted by Crippen LogP contribution is -2.49. The van der Waals surface area contributed by atoms with Crippen molar-refractivity contribution in [2.45, 2.75) is 65.0 Å². The molecule has 1 aromatic heterocycles. The number of halogens is 2. The molecule has 3 atom stereocenters. The molecule has 0 radical (unpaired) electrons. The average Bonchev–Trinajstić information content (AvgIpc) is 3.25. The van der Waals surface area contributed by atoms with Gasteiger partial charge in [0.1, 0.15) is 30.2 Å². The van der Waals surface area contributed by atoms with Crippen LogP contribution in [0.2, 0.25) is 0 Å². The Morgan fingerprint density at radius 2 is 1.82 bits per heavy atom. The number of nitrogens with one attached hydrogen (secondary N) is 1. The number of hydrogen-bond donors (Lipinski definition) is 1. The van der Waals surface area contributed by atoms with Gasteiger partial charge in [-0.3, -0.25) is 9.80 Å². The second-order valence-corrected chi connectivity index (χ2v) is 10.9. The Bertz CT molecular complexity index is 1170. The van der Waals surface area contributed by atoms with E-state index in [1.54, 1.807) is 4.90 Å². The topological polar surface area (TPSA) is 100 Å². The highest BCUT2D eigenvalue weighted by Crippen LogP contribution is 2.27. The van der Waals surface area contributed by atoms with Crippen LogP contribution in [-0.2, 0) is 16.0 Å². The minimum Gasteiger partial charge on any atom is -0.447 e. The second-order valence-electron chi connectivity index (χ2n) is 10.9. The van der Waals surface area contributed by atoms with E-state index in [0.717, 1.165) is 41.7 Å². The number of hydrogen-bond acceptors (Lipinski definition) is 8. The van der Waals surface area contributed by atoms with E-state index in [9.17, 15) is 18.4 Å². The zero-order chi connectivity index (χ0) is 28.3. The number of nitrogens with zero attached hydrogens (tertiary/aromatic N) is 5. The highest BCUT2D eigenvalue weighted by molar-refractivity contribution is 5.89. The molecule has 4 rings (SSSR count). The Balaban J connectivity index is 1.34. The number of rotatable bonds is 7. The molecule has 39 heavy (non-hydrogen) atoms. The number of cyclic esters (lactones) is 1. The molecule has 2 fully saturated rings. The van der Waals surface area contributed by atoms with Crippen molar-refractivity contribution in [3.8, 4) is 0 Å². The lowest BCUT2D eigenvalue weighted by molar-refractivity contribution is 0.0139. The van der Waals surface area contributed by atoms with Gasteiger partial charge in [0.15, 0.2) is 0 Å². The van der Waals surface area contributed by atoms with Crippen LogP contribution in [0, 0.1) is 5.95 Å². The van der Waals surface area contributed by atoms with E-state index in [1.165, 1.54) is 6.92 Å². The van der Waals surface area contributed by atoms with Crippen LogP contribution in [-0.4, -0.2) is 82.6 Å². The normalized spacial score (nSPS) is 20.0. The maximum absolute atomic E-state index is 14.3. The molecule has 0 bridgehead atoms. The van der Waals surface area contributed by atoms with Crippen molar-refractivity contribution in [2.24, 2.45) is 0 Å². The molecule has 2 aromatic rings. The van der Waals surface area contributed by atoms with Crippen molar-refractivity contribution in [1.82, 2.24) is 19.8 Å². The number of carbonyl (C=O) groups excluding carboxylic acids is 2. The van der Waals surface area contributed by atoms with Gasteiger partial charge in [0.25, 0.3) is 0 Å². The first-order chi connectivity index (χ1) is 18.4. The van der Waals surface area contributed by atoms with Crippen molar-refractivity contribution in [3.05, 3.63) is 47.4 Å². The largest absolute Gasteiger partial charge is 0.447 e. The van der Waals surface area contributed by atoms with Crippen molar-refractivity contribution in [3.63, 3.8) is 0 Å². The number of carbonyl (C=O) groups is 2. The van der Waals surface area contributed by atoms with Crippen LogP contribution in [0.25, 0.3) is 0 Å². The van der Waals surface area contributed by atoms with Gasteiger partial charge in [-0.05, 0) is 45.7 Å². The summed E-state index contributed by atoms with van der Waals surface area (Å²) >= 11 is 0. The summed E-state index contributed by atoms with van der Waals surface area (Å²) in [6.45, 7) is 12.1. The fourth-order valence-electron chi connectivity index (χ4n) is 4.49. The number of anilines is 2. The quantitative estimate of drug-likeness (QED) is 0.506. The Kier molecular flexibility index (Phi) is 8.53. The Labute approximate surface area is 227 Å². The number of piperazine rings is 1. The highest BCUT2D eigenvalue weighted by Gasteiger charge is 2.39. The van der Waals surface area contributed by atoms with Gasteiger partial charge in [-0.1, -0.05) is 24.3 Å². The van der Waals surface area contributed by atoms with E-state index in [4.69, 9.17) is 9.47 Å². The van der Waals surface area contributed by atoms with Crippen molar-refractivity contribution >= 4 is 24.0 Å². The summed E-state index contributed by atoms with van der Waals surface area (Å²) in [5.74, 6) is -0.924. The van der Waals surface area contributed by atoms with Crippen LogP contribution in [0.5, 0.6) is 0 Å². The van der Waals surface area contributed by atoms with Crippen molar-refractivity contribution in [2.75, 3.05) is 43.0 Å². The molecular formula is C27H36F2N6O4. The number of ether oxygens (including phenoxy) is 2. The van der Waals surface area contributed by atoms with Crippen molar-refractivity contribution < 1.29 is 27.8 Å². The molecule has 1 aromatic carbocycles. The standard InChI is InChI=1S/C27H36F2N6O4/c1-17(28)21-16-38-26(37)35(21)23-14-22(29)31-24(32-23)30-18(2)20-8-6-19(7-9-20)15-33-10-12-34(13-11-33)25(36)39-27(3,4)5/h6-9,14,17-18,21H,10-13,15-16H2,1-5H3,(H,30,31,32)/t17-,18-,21+/m0/s1. The van der Waals surface area contributed by atoms with Crippen LogP contribution >= 0.6 is 0 Å². The number of aromatic nitrogens is 2. The lowest BCUT2D eigenvalue weighted by atomic mass is 10.1. The summed E-state index contributed by atoms with van der Waals surface area (Å²) in [6, 6.07) is 7.83. The first-order valence-electron chi connectivity index (χ1n) is 13.1. The van der Waals surface area contributed by atoms with Crippen LogP contribution in [0.15, 0.2) is 30.3 Å². The van der Waals surface area contributed by atoms with Gasteiger partial charge >= 0.3 is 12.2 Å². The number of amides is 2. The first-order valence-corrected chi connectivity index (χ1v) is 13.1. The molecule has 0 saturated carbocycles. The molecule has 10 nitrogen and oxygen atoms in total. The third-order valence-electron chi connectivity index (χ3n) is 6.62. The van der Waals surface area contributed by atoms with Crippen LogP contribution in [0.1, 0.15) is 51.8 Å². The first kappa shape index (κ1) is 28.5. The summed E-state index contributed by atoms with van der Waals surface area (Å²) in [6.07, 6.45) is -2.43. The fraction of sp³-hybridized carbons (Fsp3) is 0.556. The molecule has 2 saturated heterocycles. The molecule has 3 heterocycles. The van der Waals surface area contributed by atoms with Crippen molar-refractivity contribution in [1.29, 1.82) is 0 Å². The molecule has 2 aliphatic rings. The summed E-state index contributed by atoms with van der Waals surface area (Å²) in [7, 11) is 0. The van der Waals surface area contributed by atoms with E-state index < -0.39 is 29.9 Å². The van der Waals surface area contributed by atoms with Gasteiger partial charge in [-0.2, -0.15) is 14.4 Å². The summed E-state index contributed by atoms with van der Waals surface area (Å²) in [5.41, 5.74) is 1.54. The minimum atomic E-state index is -1.38. The summed E-state index contributed by atoms with van der Waals surface area (Å²) in [5, 5.41) is 3.06. The predicted molar refractivity (Wildman–Crippen MR) is 142 cm³/mol. The van der Waals surface area contributed by atoms with Gasteiger partial charge in [0.05, 0.1) is 6.04 Å². The third-order valence-corrected chi connectivity index (χ3v) is 6.62. The van der Waals surface area contributed by atoms with Crippen LogP contribution in [0.3, 0.4) is 0 Å². The molecule has 1 N–H and O–H groups in total.